The van der Waals surface area contributed by atoms with Crippen LogP contribution in [0.15, 0.2) is 41.5 Å². The Morgan fingerprint density at radius 1 is 1.15 bits per heavy atom. The summed E-state index contributed by atoms with van der Waals surface area (Å²) in [6.07, 6.45) is 1.80. The number of hydrogen-bond donors (Lipinski definition) is 1. The minimum Gasteiger partial charge on any atom is -0.357 e. The molecule has 1 heterocycles. The molecule has 27 heavy (non-hydrogen) atoms. The molecule has 1 aromatic heterocycles. The molecule has 1 amide bonds. The molecule has 0 aliphatic heterocycles. The number of nitrogens with one attached hydrogen (secondary N) is 1. The summed E-state index contributed by atoms with van der Waals surface area (Å²) >= 11 is 0. The van der Waals surface area contributed by atoms with Crippen LogP contribution in [0.3, 0.4) is 0 Å². The summed E-state index contributed by atoms with van der Waals surface area (Å²) in [6.45, 7) is 9.02. The molecule has 2 aromatic rings. The molecule has 148 valence electrons. The van der Waals surface area contributed by atoms with E-state index in [1.165, 1.54) is 0 Å². The number of fused-ring (bicyclic) bond motifs is 1. The van der Waals surface area contributed by atoms with Crippen LogP contribution in [-0.2, 0) is 11.3 Å². The van der Waals surface area contributed by atoms with Gasteiger partial charge < -0.3 is 15.1 Å². The number of guanidine groups is 1. The number of benzene rings is 1. The van der Waals surface area contributed by atoms with Gasteiger partial charge in [0.1, 0.15) is 0 Å². The van der Waals surface area contributed by atoms with Gasteiger partial charge in [-0.05, 0) is 32.4 Å². The van der Waals surface area contributed by atoms with E-state index in [0.29, 0.717) is 13.1 Å². The van der Waals surface area contributed by atoms with Crippen molar-refractivity contribution >= 4 is 46.7 Å². The smallest absolute Gasteiger partial charge is 0.242 e. The molecular formula is C20H30IN5O. The third-order valence-electron chi connectivity index (χ3n) is 4.30. The van der Waals surface area contributed by atoms with Gasteiger partial charge in [0.25, 0.3) is 0 Å². The number of likely N-dealkylation sites (N-methyl/N-ethyl adjacent to an activating group) is 2. The fraction of sp³-hybridized carbons (Fsp3) is 0.450. The Morgan fingerprint density at radius 3 is 2.52 bits per heavy atom. The molecule has 1 N–H and O–H groups in total. The van der Waals surface area contributed by atoms with Crippen LogP contribution in [-0.4, -0.2) is 59.9 Å². The van der Waals surface area contributed by atoms with Gasteiger partial charge in [-0.2, -0.15) is 0 Å². The molecule has 0 aliphatic rings. The highest BCUT2D eigenvalue weighted by molar-refractivity contribution is 14.0. The number of rotatable bonds is 7. The predicted molar refractivity (Wildman–Crippen MR) is 123 cm³/mol. The maximum atomic E-state index is 12.4. The van der Waals surface area contributed by atoms with Crippen molar-refractivity contribution in [2.45, 2.75) is 27.3 Å². The molecule has 2 rings (SSSR count). The first-order valence-corrected chi connectivity index (χ1v) is 9.20. The Morgan fingerprint density at radius 2 is 1.85 bits per heavy atom. The number of amides is 1. The SMILES string of the molecule is CCNC(=NCc1cccc2cccnc12)N(C)CC(=O)N(CC)CC.I. The third-order valence-corrected chi connectivity index (χ3v) is 4.30. The first-order chi connectivity index (χ1) is 12.6. The first-order valence-electron chi connectivity index (χ1n) is 9.20. The molecule has 1 aromatic carbocycles. The zero-order valence-corrected chi connectivity index (χ0v) is 18.9. The average Bonchev–Trinajstić information content (AvgIpc) is 2.66. The zero-order valence-electron chi connectivity index (χ0n) is 16.6. The minimum absolute atomic E-state index is 0. The van der Waals surface area contributed by atoms with E-state index in [9.17, 15) is 4.79 Å². The second-order valence-electron chi connectivity index (χ2n) is 6.08. The Kier molecular flexibility index (Phi) is 10.1. The van der Waals surface area contributed by atoms with Gasteiger partial charge in [-0.3, -0.25) is 9.78 Å². The van der Waals surface area contributed by atoms with E-state index in [4.69, 9.17) is 4.99 Å². The third kappa shape index (κ3) is 6.34. The van der Waals surface area contributed by atoms with E-state index in [1.807, 2.05) is 55.8 Å². The predicted octanol–water partition coefficient (Wildman–Crippen LogP) is 3.12. The van der Waals surface area contributed by atoms with Gasteiger partial charge in [0.2, 0.25) is 5.91 Å². The Bertz CT molecular complexity index is 756. The second-order valence-corrected chi connectivity index (χ2v) is 6.08. The molecule has 0 aliphatic carbocycles. The molecule has 6 nitrogen and oxygen atoms in total. The van der Waals surface area contributed by atoms with Gasteiger partial charge in [0, 0.05) is 38.3 Å². The van der Waals surface area contributed by atoms with Crippen molar-refractivity contribution in [3.05, 3.63) is 42.1 Å². The van der Waals surface area contributed by atoms with Crippen LogP contribution in [0.25, 0.3) is 10.9 Å². The van der Waals surface area contributed by atoms with E-state index in [2.05, 4.69) is 22.4 Å². The molecule has 0 bridgehead atoms. The molecule has 0 spiro atoms. The van der Waals surface area contributed by atoms with E-state index in [0.717, 1.165) is 42.1 Å². The van der Waals surface area contributed by atoms with Crippen LogP contribution in [0.2, 0.25) is 0 Å². The van der Waals surface area contributed by atoms with E-state index < -0.39 is 0 Å². The lowest BCUT2D eigenvalue weighted by Crippen LogP contribution is -2.45. The quantitative estimate of drug-likeness (QED) is 0.374. The maximum absolute atomic E-state index is 12.4. The van der Waals surface area contributed by atoms with Crippen LogP contribution in [0.4, 0.5) is 0 Å². The fourth-order valence-corrected chi connectivity index (χ4v) is 2.88. The lowest BCUT2D eigenvalue weighted by molar-refractivity contribution is -0.131. The molecule has 0 saturated heterocycles. The van der Waals surface area contributed by atoms with Gasteiger partial charge in [0.05, 0.1) is 18.6 Å². The van der Waals surface area contributed by atoms with E-state index >= 15 is 0 Å². The number of para-hydroxylation sites is 1. The minimum atomic E-state index is 0. The first kappa shape index (κ1) is 23.1. The van der Waals surface area contributed by atoms with Crippen molar-refractivity contribution in [3.63, 3.8) is 0 Å². The van der Waals surface area contributed by atoms with Crippen LogP contribution in [0.1, 0.15) is 26.3 Å². The van der Waals surface area contributed by atoms with Crippen molar-refractivity contribution in [3.8, 4) is 0 Å². The maximum Gasteiger partial charge on any atom is 0.242 e. The number of pyridine rings is 1. The molecule has 0 atom stereocenters. The monoisotopic (exact) mass is 483 g/mol. The molecular weight excluding hydrogens is 453 g/mol. The van der Waals surface area contributed by atoms with Crippen molar-refractivity contribution in [2.75, 3.05) is 33.2 Å². The van der Waals surface area contributed by atoms with Crippen LogP contribution in [0.5, 0.6) is 0 Å². The Labute approximate surface area is 179 Å². The Hall–Kier alpha value is -1.90. The van der Waals surface area contributed by atoms with Crippen LogP contribution >= 0.6 is 24.0 Å². The van der Waals surface area contributed by atoms with Crippen molar-refractivity contribution < 1.29 is 4.79 Å². The van der Waals surface area contributed by atoms with Crippen molar-refractivity contribution in [2.24, 2.45) is 4.99 Å². The van der Waals surface area contributed by atoms with Gasteiger partial charge in [-0.25, -0.2) is 4.99 Å². The standard InChI is InChI=1S/C20H29N5O.HI/c1-5-21-20(24(4)15-18(26)25(6-2)7-3)23-14-17-11-8-10-16-12-9-13-22-19(16)17;/h8-13H,5-7,14-15H2,1-4H3,(H,21,23);1H. The lowest BCUT2D eigenvalue weighted by atomic mass is 10.1. The highest BCUT2D eigenvalue weighted by atomic mass is 127. The number of aromatic nitrogens is 1. The van der Waals surface area contributed by atoms with Crippen molar-refractivity contribution in [1.82, 2.24) is 20.1 Å². The summed E-state index contributed by atoms with van der Waals surface area (Å²) in [5, 5.41) is 4.37. The number of carbonyl (C=O) groups is 1. The largest absolute Gasteiger partial charge is 0.357 e. The normalized spacial score (nSPS) is 11.0. The molecule has 0 saturated carbocycles. The van der Waals surface area contributed by atoms with Crippen LogP contribution < -0.4 is 5.32 Å². The highest BCUT2D eigenvalue weighted by Gasteiger charge is 2.15. The number of hydrogen-bond acceptors (Lipinski definition) is 3. The summed E-state index contributed by atoms with van der Waals surface area (Å²) in [5.74, 6) is 0.830. The fourth-order valence-electron chi connectivity index (χ4n) is 2.88. The topological polar surface area (TPSA) is 60.8 Å². The van der Waals surface area contributed by atoms with E-state index in [1.54, 1.807) is 6.20 Å². The number of nitrogens with zero attached hydrogens (tertiary/aromatic N) is 4. The summed E-state index contributed by atoms with van der Waals surface area (Å²) in [7, 11) is 1.89. The second kappa shape index (κ2) is 11.7. The van der Waals surface area contributed by atoms with Crippen molar-refractivity contribution in [1.29, 1.82) is 0 Å². The summed E-state index contributed by atoms with van der Waals surface area (Å²) in [5.41, 5.74) is 2.04. The summed E-state index contributed by atoms with van der Waals surface area (Å²) in [6, 6.07) is 10.1. The molecule has 0 unspecified atom stereocenters. The van der Waals surface area contributed by atoms with E-state index in [-0.39, 0.29) is 29.9 Å². The average molecular weight is 483 g/mol. The zero-order chi connectivity index (χ0) is 18.9. The summed E-state index contributed by atoms with van der Waals surface area (Å²) < 4.78 is 0. The Balaban J connectivity index is 0.00000364. The number of aliphatic imine (C=N–C) groups is 1. The number of halogens is 1. The van der Waals surface area contributed by atoms with Gasteiger partial charge in [-0.1, -0.05) is 24.3 Å². The number of carbonyl (C=O) groups excluding carboxylic acids is 1. The summed E-state index contributed by atoms with van der Waals surface area (Å²) in [4.78, 5) is 25.3. The highest BCUT2D eigenvalue weighted by Crippen LogP contribution is 2.16. The van der Waals surface area contributed by atoms with Gasteiger partial charge >= 0.3 is 0 Å². The molecule has 7 heteroatoms. The molecule has 0 fully saturated rings. The van der Waals surface area contributed by atoms with Crippen LogP contribution in [0, 0.1) is 0 Å². The lowest BCUT2D eigenvalue weighted by Gasteiger charge is -2.25. The van der Waals surface area contributed by atoms with Gasteiger partial charge in [0.15, 0.2) is 5.96 Å². The molecule has 0 radical (unpaired) electrons. The van der Waals surface area contributed by atoms with Gasteiger partial charge in [-0.15, -0.1) is 24.0 Å².